The fourth-order valence-corrected chi connectivity index (χ4v) is 2.10. The predicted molar refractivity (Wildman–Crippen MR) is 86.5 cm³/mol. The van der Waals surface area contributed by atoms with Crippen LogP contribution in [0.5, 0.6) is 23.0 Å². The average Bonchev–Trinajstić information content (AvgIpc) is 2.59. The second kappa shape index (κ2) is 8.12. The summed E-state index contributed by atoms with van der Waals surface area (Å²) in [5, 5.41) is 3.17. The molecule has 0 fully saturated rings. The van der Waals surface area contributed by atoms with Crippen LogP contribution in [0.4, 0.5) is 10.1 Å². The van der Waals surface area contributed by atoms with Crippen LogP contribution >= 0.6 is 0 Å². The van der Waals surface area contributed by atoms with E-state index in [0.717, 1.165) is 5.69 Å². The smallest absolute Gasteiger partial charge is 0.203 e. The van der Waals surface area contributed by atoms with Gasteiger partial charge in [0.15, 0.2) is 23.1 Å². The Morgan fingerprint density at radius 1 is 0.913 bits per heavy atom. The Hall–Kier alpha value is -2.63. The first-order chi connectivity index (χ1) is 11.2. The third-order valence-corrected chi connectivity index (χ3v) is 3.19. The number of nitrogens with one attached hydrogen (secondary N) is 1. The Morgan fingerprint density at radius 2 is 1.57 bits per heavy atom. The second-order valence-corrected chi connectivity index (χ2v) is 4.62. The van der Waals surface area contributed by atoms with Crippen LogP contribution < -0.4 is 24.3 Å². The number of hydrogen-bond donors (Lipinski definition) is 1. The lowest BCUT2D eigenvalue weighted by atomic mass is 10.2. The number of para-hydroxylation sites is 1. The Kier molecular flexibility index (Phi) is 5.91. The van der Waals surface area contributed by atoms with Gasteiger partial charge in [0.05, 0.1) is 21.3 Å². The minimum Gasteiger partial charge on any atom is -0.493 e. The van der Waals surface area contributed by atoms with Gasteiger partial charge in [0.25, 0.3) is 0 Å². The van der Waals surface area contributed by atoms with Gasteiger partial charge in [-0.25, -0.2) is 4.39 Å². The molecule has 0 aliphatic heterocycles. The lowest BCUT2D eigenvalue weighted by Gasteiger charge is -2.15. The standard InChI is InChI=1S/C17H20FNO4/c1-20-15-10-12(11-16(21-2)17(15)22-3)19-8-9-23-14-7-5-4-6-13(14)18/h4-7,10-11,19H,8-9H2,1-3H3. The quantitative estimate of drug-likeness (QED) is 0.756. The van der Waals surface area contributed by atoms with Gasteiger partial charge in [0.2, 0.25) is 5.75 Å². The third kappa shape index (κ3) is 4.18. The third-order valence-electron chi connectivity index (χ3n) is 3.19. The Balaban J connectivity index is 1.96. The molecule has 0 aliphatic carbocycles. The first-order valence-electron chi connectivity index (χ1n) is 7.10. The van der Waals surface area contributed by atoms with Crippen molar-refractivity contribution in [2.24, 2.45) is 0 Å². The van der Waals surface area contributed by atoms with Crippen molar-refractivity contribution in [3.8, 4) is 23.0 Å². The summed E-state index contributed by atoms with van der Waals surface area (Å²) in [7, 11) is 4.67. The molecule has 1 N–H and O–H groups in total. The fourth-order valence-electron chi connectivity index (χ4n) is 2.10. The summed E-state index contributed by atoms with van der Waals surface area (Å²) in [5.41, 5.74) is 0.789. The van der Waals surface area contributed by atoms with E-state index in [0.29, 0.717) is 30.4 Å². The maximum absolute atomic E-state index is 13.4. The molecule has 0 heterocycles. The van der Waals surface area contributed by atoms with Crippen molar-refractivity contribution in [2.45, 2.75) is 0 Å². The zero-order valence-corrected chi connectivity index (χ0v) is 13.4. The van der Waals surface area contributed by atoms with Crippen molar-refractivity contribution in [3.05, 3.63) is 42.2 Å². The topological polar surface area (TPSA) is 49.0 Å². The predicted octanol–water partition coefficient (Wildman–Crippen LogP) is 3.34. The van der Waals surface area contributed by atoms with Gasteiger partial charge in [-0.1, -0.05) is 12.1 Å². The van der Waals surface area contributed by atoms with Crippen molar-refractivity contribution in [1.82, 2.24) is 0 Å². The van der Waals surface area contributed by atoms with Crippen molar-refractivity contribution >= 4 is 5.69 Å². The highest BCUT2D eigenvalue weighted by Crippen LogP contribution is 2.39. The van der Waals surface area contributed by atoms with Gasteiger partial charge in [0.1, 0.15) is 6.61 Å². The zero-order chi connectivity index (χ0) is 16.7. The number of benzene rings is 2. The van der Waals surface area contributed by atoms with E-state index in [2.05, 4.69) is 5.32 Å². The minimum atomic E-state index is -0.375. The summed E-state index contributed by atoms with van der Waals surface area (Å²) >= 11 is 0. The molecule has 0 aliphatic rings. The van der Waals surface area contributed by atoms with Gasteiger partial charge in [-0.2, -0.15) is 0 Å². The Morgan fingerprint density at radius 3 is 2.13 bits per heavy atom. The van der Waals surface area contributed by atoms with E-state index >= 15 is 0 Å². The maximum atomic E-state index is 13.4. The molecule has 23 heavy (non-hydrogen) atoms. The summed E-state index contributed by atoms with van der Waals surface area (Å²) in [6, 6.07) is 9.90. The van der Waals surface area contributed by atoms with E-state index in [-0.39, 0.29) is 11.6 Å². The SMILES string of the molecule is COc1cc(NCCOc2ccccc2F)cc(OC)c1OC. The highest BCUT2D eigenvalue weighted by atomic mass is 19.1. The van der Waals surface area contributed by atoms with Crippen LogP contribution in [0.1, 0.15) is 0 Å². The molecule has 2 aromatic carbocycles. The normalized spacial score (nSPS) is 10.1. The number of rotatable bonds is 8. The molecule has 0 bridgehead atoms. The van der Waals surface area contributed by atoms with Crippen molar-refractivity contribution < 1.29 is 23.3 Å². The van der Waals surface area contributed by atoms with Crippen LogP contribution in [0.15, 0.2) is 36.4 Å². The molecule has 2 rings (SSSR count). The highest BCUT2D eigenvalue weighted by Gasteiger charge is 2.12. The van der Waals surface area contributed by atoms with Gasteiger partial charge in [-0.3, -0.25) is 0 Å². The largest absolute Gasteiger partial charge is 0.493 e. The lowest BCUT2D eigenvalue weighted by Crippen LogP contribution is -2.12. The number of methoxy groups -OCH3 is 3. The Bertz CT molecular complexity index is 623. The van der Waals surface area contributed by atoms with Gasteiger partial charge < -0.3 is 24.3 Å². The Labute approximate surface area is 134 Å². The van der Waals surface area contributed by atoms with E-state index in [9.17, 15) is 4.39 Å². The van der Waals surface area contributed by atoms with E-state index in [1.165, 1.54) is 6.07 Å². The summed E-state index contributed by atoms with van der Waals surface area (Å²) in [4.78, 5) is 0. The molecule has 0 aromatic heterocycles. The molecule has 0 atom stereocenters. The molecule has 5 nitrogen and oxygen atoms in total. The van der Waals surface area contributed by atoms with Gasteiger partial charge in [-0.05, 0) is 12.1 Å². The average molecular weight is 321 g/mol. The van der Waals surface area contributed by atoms with E-state index in [1.807, 2.05) is 0 Å². The molecule has 6 heteroatoms. The summed E-state index contributed by atoms with van der Waals surface area (Å²) in [6.07, 6.45) is 0. The first kappa shape index (κ1) is 16.7. The van der Waals surface area contributed by atoms with Crippen LogP contribution in [0.25, 0.3) is 0 Å². The summed E-state index contributed by atoms with van der Waals surface area (Å²) < 4.78 is 34.7. The van der Waals surface area contributed by atoms with E-state index in [1.54, 1.807) is 51.7 Å². The molecule has 0 saturated heterocycles. The lowest BCUT2D eigenvalue weighted by molar-refractivity contribution is 0.314. The van der Waals surface area contributed by atoms with Crippen LogP contribution in [-0.4, -0.2) is 34.5 Å². The number of ether oxygens (including phenoxy) is 4. The van der Waals surface area contributed by atoms with Gasteiger partial charge >= 0.3 is 0 Å². The van der Waals surface area contributed by atoms with E-state index < -0.39 is 0 Å². The molecule has 0 amide bonds. The highest BCUT2D eigenvalue weighted by molar-refractivity contribution is 5.62. The maximum Gasteiger partial charge on any atom is 0.203 e. The van der Waals surface area contributed by atoms with Gasteiger partial charge in [-0.15, -0.1) is 0 Å². The molecular formula is C17H20FNO4. The van der Waals surface area contributed by atoms with E-state index in [4.69, 9.17) is 18.9 Å². The molecule has 2 aromatic rings. The van der Waals surface area contributed by atoms with Crippen LogP contribution in [0.3, 0.4) is 0 Å². The molecule has 0 saturated carbocycles. The number of anilines is 1. The van der Waals surface area contributed by atoms with Crippen molar-refractivity contribution in [3.63, 3.8) is 0 Å². The van der Waals surface area contributed by atoms with Crippen molar-refractivity contribution in [2.75, 3.05) is 39.8 Å². The van der Waals surface area contributed by atoms with Gasteiger partial charge in [0, 0.05) is 24.4 Å². The monoisotopic (exact) mass is 321 g/mol. The number of halogens is 1. The minimum absolute atomic E-state index is 0.235. The molecular weight excluding hydrogens is 301 g/mol. The van der Waals surface area contributed by atoms with Crippen LogP contribution in [0.2, 0.25) is 0 Å². The summed E-state index contributed by atoms with van der Waals surface area (Å²) in [5.74, 6) is 1.51. The number of hydrogen-bond acceptors (Lipinski definition) is 5. The van der Waals surface area contributed by atoms with Crippen LogP contribution in [-0.2, 0) is 0 Å². The molecule has 0 radical (unpaired) electrons. The molecule has 0 spiro atoms. The molecule has 0 unspecified atom stereocenters. The molecule has 124 valence electrons. The second-order valence-electron chi connectivity index (χ2n) is 4.62. The fraction of sp³-hybridized carbons (Fsp3) is 0.294. The summed E-state index contributed by atoms with van der Waals surface area (Å²) in [6.45, 7) is 0.810. The first-order valence-corrected chi connectivity index (χ1v) is 7.10. The zero-order valence-electron chi connectivity index (χ0n) is 13.4. The van der Waals surface area contributed by atoms with Crippen molar-refractivity contribution in [1.29, 1.82) is 0 Å². The van der Waals surface area contributed by atoms with Crippen LogP contribution in [0, 0.1) is 5.82 Å².